The highest BCUT2D eigenvalue weighted by Crippen LogP contribution is 2.03. The van der Waals surface area contributed by atoms with Crippen LogP contribution in [-0.2, 0) is 19.1 Å². The van der Waals surface area contributed by atoms with E-state index in [0.29, 0.717) is 6.42 Å². The molecule has 1 aliphatic rings. The summed E-state index contributed by atoms with van der Waals surface area (Å²) in [5.74, 6) is -1.71. The lowest BCUT2D eigenvalue weighted by molar-refractivity contribution is -0.143. The van der Waals surface area contributed by atoms with Gasteiger partial charge in [-0.05, 0) is 6.42 Å². The molecule has 0 aromatic carbocycles. The number of amides is 2. The summed E-state index contributed by atoms with van der Waals surface area (Å²) >= 11 is 0. The molecule has 0 saturated carbocycles. The second-order valence-corrected chi connectivity index (χ2v) is 2.96. The summed E-state index contributed by atoms with van der Waals surface area (Å²) in [7, 11) is 0. The molecule has 2 amide bonds. The molecule has 17 heavy (non-hydrogen) atoms. The van der Waals surface area contributed by atoms with Crippen LogP contribution in [-0.4, -0.2) is 47.5 Å². The van der Waals surface area contributed by atoms with Gasteiger partial charge in [-0.3, -0.25) is 14.5 Å². The first kappa shape index (κ1) is 15.3. The highest BCUT2D eigenvalue weighted by atomic mass is 16.5. The van der Waals surface area contributed by atoms with Crippen molar-refractivity contribution in [3.05, 3.63) is 12.2 Å². The van der Waals surface area contributed by atoms with Gasteiger partial charge in [-0.1, -0.05) is 13.8 Å². The third kappa shape index (κ3) is 5.82. The summed E-state index contributed by atoms with van der Waals surface area (Å²) in [5, 5.41) is 8.25. The summed E-state index contributed by atoms with van der Waals surface area (Å²) in [6.45, 7) is 4.10. The average Bonchev–Trinajstić information content (AvgIpc) is 2.62. The van der Waals surface area contributed by atoms with Crippen LogP contribution in [0.3, 0.4) is 0 Å². The summed E-state index contributed by atoms with van der Waals surface area (Å²) in [5.41, 5.74) is 0. The number of carbonyl (C=O) groups is 3. The average molecular weight is 243 g/mol. The van der Waals surface area contributed by atoms with Crippen molar-refractivity contribution in [2.75, 3.05) is 19.8 Å². The number of hydrogen-bond donors (Lipinski definition) is 1. The summed E-state index contributed by atoms with van der Waals surface area (Å²) < 4.78 is 4.76. The molecule has 0 aromatic rings. The van der Waals surface area contributed by atoms with E-state index in [4.69, 9.17) is 9.84 Å². The van der Waals surface area contributed by atoms with Gasteiger partial charge in [0.25, 0.3) is 11.8 Å². The Labute approximate surface area is 99.9 Å². The molecule has 96 valence electrons. The molecule has 0 spiro atoms. The van der Waals surface area contributed by atoms with Crippen molar-refractivity contribution in [1.82, 2.24) is 4.90 Å². The zero-order valence-corrected chi connectivity index (χ0v) is 10.0. The van der Waals surface area contributed by atoms with Crippen LogP contribution in [0.5, 0.6) is 0 Å². The SMILES string of the molecule is CC.O=C(O)COCCCN1C(=O)C=CC1=O. The quantitative estimate of drug-likeness (QED) is 0.540. The number of rotatable bonds is 6. The molecule has 6 heteroatoms. The molecule has 0 aliphatic carbocycles. The van der Waals surface area contributed by atoms with Crippen LogP contribution in [0.1, 0.15) is 20.3 Å². The van der Waals surface area contributed by atoms with E-state index in [0.717, 1.165) is 4.90 Å². The molecule has 0 radical (unpaired) electrons. The van der Waals surface area contributed by atoms with Crippen molar-refractivity contribution in [1.29, 1.82) is 0 Å². The lowest BCUT2D eigenvalue weighted by Gasteiger charge is -2.12. The van der Waals surface area contributed by atoms with Crippen molar-refractivity contribution >= 4 is 17.8 Å². The lowest BCUT2D eigenvalue weighted by Crippen LogP contribution is -2.31. The largest absolute Gasteiger partial charge is 0.480 e. The molecule has 0 fully saturated rings. The number of carboxylic acid groups (broad SMARTS) is 1. The van der Waals surface area contributed by atoms with Crippen LogP contribution in [0, 0.1) is 0 Å². The lowest BCUT2D eigenvalue weighted by atomic mass is 10.4. The Hall–Kier alpha value is -1.69. The fourth-order valence-electron chi connectivity index (χ4n) is 1.14. The van der Waals surface area contributed by atoms with E-state index < -0.39 is 5.97 Å². The van der Waals surface area contributed by atoms with Gasteiger partial charge in [-0.2, -0.15) is 0 Å². The van der Waals surface area contributed by atoms with Crippen LogP contribution in [0.15, 0.2) is 12.2 Å². The molecule has 1 N–H and O–H groups in total. The Morgan fingerprint density at radius 3 is 2.29 bits per heavy atom. The number of imide groups is 1. The molecule has 0 atom stereocenters. The van der Waals surface area contributed by atoms with E-state index >= 15 is 0 Å². The normalized spacial score (nSPS) is 13.6. The number of ether oxygens (including phenoxy) is 1. The van der Waals surface area contributed by atoms with E-state index in [2.05, 4.69) is 0 Å². The molecule has 0 aromatic heterocycles. The molecule has 6 nitrogen and oxygen atoms in total. The molecule has 1 aliphatic heterocycles. The summed E-state index contributed by atoms with van der Waals surface area (Å²) in [6.07, 6.45) is 2.85. The van der Waals surface area contributed by atoms with Gasteiger partial charge >= 0.3 is 5.97 Å². The number of aliphatic carboxylic acids is 1. The molecule has 0 saturated heterocycles. The monoisotopic (exact) mass is 243 g/mol. The van der Waals surface area contributed by atoms with Crippen molar-refractivity contribution in [3.63, 3.8) is 0 Å². The van der Waals surface area contributed by atoms with Gasteiger partial charge in [0, 0.05) is 25.3 Å². The maximum Gasteiger partial charge on any atom is 0.329 e. The van der Waals surface area contributed by atoms with Gasteiger partial charge in [0.05, 0.1) is 0 Å². The van der Waals surface area contributed by atoms with Crippen molar-refractivity contribution in [2.24, 2.45) is 0 Å². The van der Waals surface area contributed by atoms with Crippen molar-refractivity contribution in [2.45, 2.75) is 20.3 Å². The van der Waals surface area contributed by atoms with Crippen molar-refractivity contribution in [3.8, 4) is 0 Å². The summed E-state index contributed by atoms with van der Waals surface area (Å²) in [6, 6.07) is 0. The predicted octanol–water partition coefficient (Wildman–Crippen LogP) is 0.429. The van der Waals surface area contributed by atoms with E-state index in [-0.39, 0.29) is 31.6 Å². The van der Waals surface area contributed by atoms with Crippen LogP contribution >= 0.6 is 0 Å². The number of hydrogen-bond acceptors (Lipinski definition) is 4. The van der Waals surface area contributed by atoms with Gasteiger partial charge in [-0.25, -0.2) is 4.79 Å². The number of carbonyl (C=O) groups excluding carboxylic acids is 2. The Bertz CT molecular complexity index is 293. The van der Waals surface area contributed by atoms with Crippen molar-refractivity contribution < 1.29 is 24.2 Å². The minimum atomic E-state index is -1.04. The maximum atomic E-state index is 11.0. The number of carboxylic acids is 1. The highest BCUT2D eigenvalue weighted by molar-refractivity contribution is 6.12. The minimum Gasteiger partial charge on any atom is -0.480 e. The first-order chi connectivity index (χ1) is 8.11. The Morgan fingerprint density at radius 1 is 1.29 bits per heavy atom. The smallest absolute Gasteiger partial charge is 0.329 e. The van der Waals surface area contributed by atoms with Crippen LogP contribution in [0.25, 0.3) is 0 Å². The topological polar surface area (TPSA) is 83.9 Å². The van der Waals surface area contributed by atoms with Gasteiger partial charge in [0.2, 0.25) is 0 Å². The predicted molar refractivity (Wildman–Crippen MR) is 60.3 cm³/mol. The zero-order valence-electron chi connectivity index (χ0n) is 10.0. The Morgan fingerprint density at radius 2 is 1.82 bits per heavy atom. The Balaban J connectivity index is 0.00000121. The molecular weight excluding hydrogens is 226 g/mol. The van der Waals surface area contributed by atoms with Gasteiger partial charge < -0.3 is 9.84 Å². The van der Waals surface area contributed by atoms with E-state index in [1.807, 2.05) is 13.8 Å². The molecule has 0 bridgehead atoms. The standard InChI is InChI=1S/C9H11NO5.C2H6/c11-7-2-3-8(12)10(7)4-1-5-15-6-9(13)14;1-2/h2-3H,1,4-6H2,(H,13,14);1-2H3. The zero-order chi connectivity index (χ0) is 13.3. The molecule has 1 rings (SSSR count). The van der Waals surface area contributed by atoms with Gasteiger partial charge in [0.15, 0.2) is 0 Å². The maximum absolute atomic E-state index is 11.0. The Kier molecular flexibility index (Phi) is 7.62. The van der Waals surface area contributed by atoms with Crippen LogP contribution in [0.4, 0.5) is 0 Å². The second-order valence-electron chi connectivity index (χ2n) is 2.96. The molecule has 0 unspecified atom stereocenters. The fraction of sp³-hybridized carbons (Fsp3) is 0.545. The minimum absolute atomic E-state index is 0.212. The molecule has 1 heterocycles. The first-order valence-corrected chi connectivity index (χ1v) is 5.44. The van der Waals surface area contributed by atoms with Crippen LogP contribution < -0.4 is 0 Å². The third-order valence-electron chi connectivity index (χ3n) is 1.80. The van der Waals surface area contributed by atoms with E-state index in [1.54, 1.807) is 0 Å². The molecular formula is C11H17NO5. The van der Waals surface area contributed by atoms with E-state index in [9.17, 15) is 14.4 Å². The highest BCUT2D eigenvalue weighted by Gasteiger charge is 2.22. The number of nitrogens with zero attached hydrogens (tertiary/aromatic N) is 1. The first-order valence-electron chi connectivity index (χ1n) is 5.44. The fourth-order valence-corrected chi connectivity index (χ4v) is 1.14. The van der Waals surface area contributed by atoms with Crippen LogP contribution in [0.2, 0.25) is 0 Å². The summed E-state index contributed by atoms with van der Waals surface area (Å²) in [4.78, 5) is 33.2. The third-order valence-corrected chi connectivity index (χ3v) is 1.80. The van der Waals surface area contributed by atoms with E-state index in [1.165, 1.54) is 12.2 Å². The second kappa shape index (κ2) is 8.46. The van der Waals surface area contributed by atoms with Gasteiger partial charge in [-0.15, -0.1) is 0 Å². The van der Waals surface area contributed by atoms with Gasteiger partial charge in [0.1, 0.15) is 6.61 Å².